The summed E-state index contributed by atoms with van der Waals surface area (Å²) in [5.74, 6) is 0. The molecule has 0 aliphatic heterocycles. The molecule has 0 amide bonds. The summed E-state index contributed by atoms with van der Waals surface area (Å²) < 4.78 is 0. The van der Waals surface area contributed by atoms with Crippen LogP contribution in [0.3, 0.4) is 0 Å². The van der Waals surface area contributed by atoms with E-state index in [9.17, 15) is 0 Å². The van der Waals surface area contributed by atoms with Gasteiger partial charge in [-0.25, -0.2) is 0 Å². The Labute approximate surface area is 82.5 Å². The van der Waals surface area contributed by atoms with Gasteiger partial charge in [-0.05, 0) is 0 Å². The zero-order chi connectivity index (χ0) is 0. The van der Waals surface area contributed by atoms with Gasteiger partial charge in [0.05, 0.1) is 0 Å². The molecule has 0 saturated heterocycles. The first-order chi connectivity index (χ1) is 0. The summed E-state index contributed by atoms with van der Waals surface area (Å²) in [5, 5.41) is 0. The first kappa shape index (κ1) is 59.1. The van der Waals surface area contributed by atoms with E-state index in [1.54, 1.807) is 0 Å². The van der Waals surface area contributed by atoms with Crippen LogP contribution in [-0.2, 0) is 16.4 Å². The van der Waals surface area contributed by atoms with Crippen LogP contribution in [0.2, 0.25) is 0 Å². The van der Waals surface area contributed by atoms with Crippen molar-refractivity contribution in [2.24, 2.45) is 0 Å². The van der Waals surface area contributed by atoms with Crippen molar-refractivity contribution in [2.45, 2.75) is 0 Å². The third kappa shape index (κ3) is 23.1. The predicted octanol–water partition coefficient (Wildman–Crippen LogP) is -0.737. The second-order valence-electron chi connectivity index (χ2n) is 0. The van der Waals surface area contributed by atoms with Gasteiger partial charge in [0, 0.05) is 0 Å². The van der Waals surface area contributed by atoms with Gasteiger partial charge in [0.25, 0.3) is 0 Å². The third-order valence-electron chi connectivity index (χ3n) is 0. The molecular formula is BiO3Pr. The molecule has 0 bridgehead atoms. The van der Waals surface area contributed by atoms with Crippen LogP contribution in [0.15, 0.2) is 0 Å². The molecule has 0 saturated carbocycles. The molecule has 0 fully saturated rings. The van der Waals surface area contributed by atoms with E-state index in [0.29, 0.717) is 0 Å². The van der Waals surface area contributed by atoms with Crippen molar-refractivity contribution < 1.29 is 57.7 Å². The number of rotatable bonds is 0. The standard InChI is InChI=1S/Bi.3O.Pr/q+3;3*-2;+3. The van der Waals surface area contributed by atoms with Crippen molar-refractivity contribution in [3.63, 3.8) is 0 Å². The zero-order valence-corrected chi connectivity index (χ0v) is 9.43. The predicted molar refractivity (Wildman–Crippen MR) is 7.81 cm³/mol. The van der Waals surface area contributed by atoms with Crippen molar-refractivity contribution in [1.29, 1.82) is 0 Å². The third-order valence-corrected chi connectivity index (χ3v) is 0. The van der Waals surface area contributed by atoms with Crippen LogP contribution in [0, 0.1) is 41.3 Å². The maximum Gasteiger partial charge on any atom is 3.00 e. The van der Waals surface area contributed by atoms with Gasteiger partial charge in [0.2, 0.25) is 0 Å². The van der Waals surface area contributed by atoms with Crippen molar-refractivity contribution in [3.8, 4) is 0 Å². The van der Waals surface area contributed by atoms with Crippen LogP contribution in [0.4, 0.5) is 0 Å². The maximum atomic E-state index is 0. The molecule has 0 spiro atoms. The number of hydrogen-bond acceptors (Lipinski definition) is 0. The molecule has 0 unspecified atom stereocenters. The normalized spacial score (nSPS) is 0. The molecule has 0 aliphatic rings. The molecule has 0 heterocycles. The molecule has 5 heteroatoms. The van der Waals surface area contributed by atoms with Crippen molar-refractivity contribution in [3.05, 3.63) is 0 Å². The molecule has 0 aromatic carbocycles. The molecular weight excluding hydrogens is 398 g/mol. The van der Waals surface area contributed by atoms with Gasteiger partial charge in [0.1, 0.15) is 0 Å². The summed E-state index contributed by atoms with van der Waals surface area (Å²) in [6.45, 7) is 0. The van der Waals surface area contributed by atoms with Gasteiger partial charge in [-0.2, -0.15) is 0 Å². The quantitative estimate of drug-likeness (QED) is 0.482. The molecule has 0 aromatic heterocycles. The smallest absolute Gasteiger partial charge is 2.00 e. The molecule has 5 heavy (non-hydrogen) atoms. The summed E-state index contributed by atoms with van der Waals surface area (Å²) in [4.78, 5) is 0. The first-order valence-corrected chi connectivity index (χ1v) is 0. The van der Waals surface area contributed by atoms with Crippen molar-refractivity contribution in [2.75, 3.05) is 0 Å². The van der Waals surface area contributed by atoms with E-state index >= 15 is 0 Å². The average molecular weight is 398 g/mol. The van der Waals surface area contributed by atoms with Crippen molar-refractivity contribution in [1.82, 2.24) is 0 Å². The zero-order valence-electron chi connectivity index (χ0n) is 2.25. The van der Waals surface area contributed by atoms with Crippen molar-refractivity contribution >= 4 is 26.2 Å². The molecule has 0 aromatic rings. The van der Waals surface area contributed by atoms with E-state index in [1.165, 1.54) is 0 Å². The minimum absolute atomic E-state index is 0. The summed E-state index contributed by atoms with van der Waals surface area (Å²) >= 11 is 0. The van der Waals surface area contributed by atoms with E-state index in [2.05, 4.69) is 0 Å². The van der Waals surface area contributed by atoms with Crippen LogP contribution in [-0.4, -0.2) is 26.2 Å². The van der Waals surface area contributed by atoms with E-state index in [0.717, 1.165) is 0 Å². The Morgan fingerprint density at radius 3 is 0.600 bits per heavy atom. The fourth-order valence-electron chi connectivity index (χ4n) is 0. The molecule has 3 nitrogen and oxygen atoms in total. The van der Waals surface area contributed by atoms with Crippen LogP contribution in [0.5, 0.6) is 0 Å². The Kier molecular flexibility index (Phi) is 421. The largest absolute Gasteiger partial charge is 3.00 e. The van der Waals surface area contributed by atoms with Gasteiger partial charge in [-0.1, -0.05) is 0 Å². The van der Waals surface area contributed by atoms with Gasteiger partial charge >= 0.3 is 67.5 Å². The Morgan fingerprint density at radius 2 is 0.600 bits per heavy atom. The molecule has 0 aliphatic carbocycles. The van der Waals surface area contributed by atoms with E-state index in [-0.39, 0.29) is 83.9 Å². The van der Waals surface area contributed by atoms with Gasteiger partial charge in [-0.15, -0.1) is 0 Å². The van der Waals surface area contributed by atoms with E-state index in [4.69, 9.17) is 0 Å². The summed E-state index contributed by atoms with van der Waals surface area (Å²) in [6.07, 6.45) is 0. The second-order valence-corrected chi connectivity index (χ2v) is 0. The summed E-state index contributed by atoms with van der Waals surface area (Å²) in [6, 6.07) is 0. The van der Waals surface area contributed by atoms with Gasteiger partial charge in [-0.3, -0.25) is 0 Å². The molecule has 0 atom stereocenters. The second kappa shape index (κ2) is 35.6. The van der Waals surface area contributed by atoms with Crippen LogP contribution >= 0.6 is 0 Å². The van der Waals surface area contributed by atoms with E-state index < -0.39 is 0 Å². The minimum Gasteiger partial charge on any atom is -2.00 e. The summed E-state index contributed by atoms with van der Waals surface area (Å²) in [5.41, 5.74) is 0. The van der Waals surface area contributed by atoms with Crippen LogP contribution < -0.4 is 0 Å². The minimum atomic E-state index is 0. The SMILES string of the molecule is [Bi+3].[O-2].[O-2].[O-2].[Pr+3]. The maximum absolute atomic E-state index is 0. The fourth-order valence-corrected chi connectivity index (χ4v) is 0. The Hall–Kier alpha value is 2.13. The fraction of sp³-hybridized carbons (Fsp3) is 0. The van der Waals surface area contributed by atoms with E-state index in [1.807, 2.05) is 0 Å². The molecule has 2 radical (unpaired) electrons. The van der Waals surface area contributed by atoms with Gasteiger partial charge < -0.3 is 16.4 Å². The monoisotopic (exact) mass is 398 g/mol. The Bertz CT molecular complexity index is 6.85. The molecule has 0 N–H and O–H groups in total. The topological polar surface area (TPSA) is 85.5 Å². The number of hydrogen-bond donors (Lipinski definition) is 0. The molecule has 0 rings (SSSR count). The Morgan fingerprint density at radius 1 is 0.600 bits per heavy atom. The van der Waals surface area contributed by atoms with Crippen LogP contribution in [0.25, 0.3) is 0 Å². The average Bonchev–Trinajstić information content (AvgIpc) is 0. The Balaban J connectivity index is 0. The summed E-state index contributed by atoms with van der Waals surface area (Å²) in [7, 11) is 0. The molecule has 26 valence electrons. The van der Waals surface area contributed by atoms with Crippen LogP contribution in [0.1, 0.15) is 0 Å². The first-order valence-electron chi connectivity index (χ1n) is 0. The van der Waals surface area contributed by atoms with Gasteiger partial charge in [0.15, 0.2) is 0 Å².